The molecule has 1 amide bonds. The molecule has 5 heteroatoms. The Labute approximate surface area is 142 Å². The lowest BCUT2D eigenvalue weighted by Gasteiger charge is -2.23. The van der Waals surface area contributed by atoms with E-state index < -0.39 is 0 Å². The van der Waals surface area contributed by atoms with Crippen LogP contribution in [0.3, 0.4) is 0 Å². The molecule has 4 nitrogen and oxygen atoms in total. The summed E-state index contributed by atoms with van der Waals surface area (Å²) in [5.74, 6) is 1.48. The van der Waals surface area contributed by atoms with E-state index in [2.05, 4.69) is 10.6 Å². The van der Waals surface area contributed by atoms with Crippen molar-refractivity contribution in [3.63, 3.8) is 0 Å². The Bertz CT molecular complexity index is 611. The molecule has 23 heavy (non-hydrogen) atoms. The Morgan fingerprint density at radius 1 is 1.04 bits per heavy atom. The van der Waals surface area contributed by atoms with Gasteiger partial charge in [0.2, 0.25) is 0 Å². The third-order valence-corrected chi connectivity index (χ3v) is 3.73. The minimum Gasteiger partial charge on any atom is -0.457 e. The average Bonchev–Trinajstić information content (AvgIpc) is 2.57. The lowest BCUT2D eigenvalue weighted by Crippen LogP contribution is -2.45. The van der Waals surface area contributed by atoms with Crippen LogP contribution in [0.4, 0.5) is 0 Å². The molecule has 0 aromatic heterocycles. The minimum absolute atomic E-state index is 0. The first-order valence-electron chi connectivity index (χ1n) is 7.66. The molecule has 1 atom stereocenters. The van der Waals surface area contributed by atoms with Crippen molar-refractivity contribution in [3.05, 3.63) is 60.2 Å². The first-order valence-corrected chi connectivity index (χ1v) is 7.66. The third-order valence-electron chi connectivity index (χ3n) is 3.73. The number of piperidine rings is 1. The fourth-order valence-corrected chi connectivity index (χ4v) is 2.54. The Balaban J connectivity index is 0.00000192. The Kier molecular flexibility index (Phi) is 6.44. The van der Waals surface area contributed by atoms with Crippen LogP contribution in [0.1, 0.15) is 23.2 Å². The van der Waals surface area contributed by atoms with Crippen molar-refractivity contribution in [1.82, 2.24) is 10.6 Å². The number of hydrogen-bond donors (Lipinski definition) is 2. The van der Waals surface area contributed by atoms with Crippen molar-refractivity contribution in [2.75, 3.05) is 13.1 Å². The smallest absolute Gasteiger partial charge is 0.251 e. The first-order chi connectivity index (χ1) is 10.8. The molecule has 122 valence electrons. The Morgan fingerprint density at radius 2 is 1.74 bits per heavy atom. The van der Waals surface area contributed by atoms with Crippen molar-refractivity contribution >= 4 is 18.3 Å². The van der Waals surface area contributed by atoms with E-state index in [1.807, 2.05) is 42.5 Å². The zero-order chi connectivity index (χ0) is 15.2. The lowest BCUT2D eigenvalue weighted by molar-refractivity contribution is 0.0930. The van der Waals surface area contributed by atoms with E-state index in [9.17, 15) is 4.79 Å². The van der Waals surface area contributed by atoms with Crippen LogP contribution in [0.15, 0.2) is 54.6 Å². The number of amides is 1. The molecule has 1 saturated heterocycles. The highest BCUT2D eigenvalue weighted by Crippen LogP contribution is 2.21. The molecule has 0 unspecified atom stereocenters. The van der Waals surface area contributed by atoms with Gasteiger partial charge in [-0.2, -0.15) is 0 Å². The van der Waals surface area contributed by atoms with Gasteiger partial charge in [0.05, 0.1) is 0 Å². The summed E-state index contributed by atoms with van der Waals surface area (Å²) in [4.78, 5) is 12.2. The quantitative estimate of drug-likeness (QED) is 0.902. The van der Waals surface area contributed by atoms with Gasteiger partial charge < -0.3 is 15.4 Å². The molecular formula is C18H21ClN2O2. The maximum Gasteiger partial charge on any atom is 0.251 e. The van der Waals surface area contributed by atoms with Crippen LogP contribution in [0.25, 0.3) is 0 Å². The van der Waals surface area contributed by atoms with E-state index in [-0.39, 0.29) is 24.4 Å². The van der Waals surface area contributed by atoms with Crippen LogP contribution in [0.2, 0.25) is 0 Å². The molecule has 0 bridgehead atoms. The zero-order valence-corrected chi connectivity index (χ0v) is 13.6. The van der Waals surface area contributed by atoms with E-state index in [0.717, 1.165) is 37.4 Å². The maximum atomic E-state index is 12.2. The number of carbonyl (C=O) groups excluding carboxylic acids is 1. The van der Waals surface area contributed by atoms with Crippen LogP contribution >= 0.6 is 12.4 Å². The number of halogens is 1. The van der Waals surface area contributed by atoms with Crippen LogP contribution < -0.4 is 15.4 Å². The van der Waals surface area contributed by atoms with Gasteiger partial charge in [0, 0.05) is 18.2 Å². The van der Waals surface area contributed by atoms with Gasteiger partial charge in [-0.05, 0) is 55.8 Å². The third kappa shape index (κ3) is 4.98. The topological polar surface area (TPSA) is 50.4 Å². The van der Waals surface area contributed by atoms with Gasteiger partial charge in [-0.3, -0.25) is 4.79 Å². The monoisotopic (exact) mass is 332 g/mol. The molecular weight excluding hydrogens is 312 g/mol. The molecule has 0 saturated carbocycles. The molecule has 0 aliphatic carbocycles. The second-order valence-electron chi connectivity index (χ2n) is 5.46. The zero-order valence-electron chi connectivity index (χ0n) is 12.8. The van der Waals surface area contributed by atoms with Crippen LogP contribution in [0.5, 0.6) is 11.5 Å². The van der Waals surface area contributed by atoms with Gasteiger partial charge in [-0.25, -0.2) is 0 Å². The summed E-state index contributed by atoms with van der Waals surface area (Å²) in [6.45, 7) is 1.89. The van der Waals surface area contributed by atoms with Gasteiger partial charge in [0.25, 0.3) is 5.91 Å². The van der Waals surface area contributed by atoms with E-state index in [0.29, 0.717) is 5.56 Å². The number of para-hydroxylation sites is 1. The SMILES string of the molecule is Cl.O=C(N[C@H]1CCCNC1)c1ccc(Oc2ccccc2)cc1. The molecule has 2 aromatic rings. The summed E-state index contributed by atoms with van der Waals surface area (Å²) in [5.41, 5.74) is 0.658. The Hall–Kier alpha value is -2.04. The van der Waals surface area contributed by atoms with Gasteiger partial charge in [-0.1, -0.05) is 18.2 Å². The fraction of sp³-hybridized carbons (Fsp3) is 0.278. The van der Waals surface area contributed by atoms with Crippen molar-refractivity contribution in [1.29, 1.82) is 0 Å². The number of carbonyl (C=O) groups is 1. The molecule has 1 aliphatic rings. The summed E-state index contributed by atoms with van der Waals surface area (Å²) in [7, 11) is 0. The highest BCUT2D eigenvalue weighted by atomic mass is 35.5. The maximum absolute atomic E-state index is 12.2. The molecule has 2 aromatic carbocycles. The molecule has 1 aliphatic heterocycles. The fourth-order valence-electron chi connectivity index (χ4n) is 2.54. The van der Waals surface area contributed by atoms with Crippen molar-refractivity contribution < 1.29 is 9.53 Å². The van der Waals surface area contributed by atoms with E-state index >= 15 is 0 Å². The van der Waals surface area contributed by atoms with Crippen molar-refractivity contribution in [2.24, 2.45) is 0 Å². The summed E-state index contributed by atoms with van der Waals surface area (Å²) in [6.07, 6.45) is 2.14. The minimum atomic E-state index is -0.0278. The van der Waals surface area contributed by atoms with Gasteiger partial charge in [0.1, 0.15) is 11.5 Å². The van der Waals surface area contributed by atoms with Crippen molar-refractivity contribution in [2.45, 2.75) is 18.9 Å². The molecule has 0 radical (unpaired) electrons. The van der Waals surface area contributed by atoms with E-state index in [1.54, 1.807) is 12.1 Å². The summed E-state index contributed by atoms with van der Waals surface area (Å²) in [5, 5.41) is 6.36. The second-order valence-corrected chi connectivity index (χ2v) is 5.46. The first kappa shape index (κ1) is 17.3. The predicted molar refractivity (Wildman–Crippen MR) is 93.6 cm³/mol. The van der Waals surface area contributed by atoms with E-state index in [1.165, 1.54) is 0 Å². The molecule has 1 heterocycles. The molecule has 2 N–H and O–H groups in total. The molecule has 1 fully saturated rings. The molecule has 0 spiro atoms. The summed E-state index contributed by atoms with van der Waals surface area (Å²) < 4.78 is 5.72. The summed E-state index contributed by atoms with van der Waals surface area (Å²) in [6, 6.07) is 17.1. The van der Waals surface area contributed by atoms with Gasteiger partial charge in [-0.15, -0.1) is 12.4 Å². The second kappa shape index (κ2) is 8.56. The lowest BCUT2D eigenvalue weighted by atomic mass is 10.1. The molecule has 3 rings (SSSR count). The van der Waals surface area contributed by atoms with E-state index in [4.69, 9.17) is 4.74 Å². The standard InChI is InChI=1S/C18H20N2O2.ClH/c21-18(20-15-5-4-12-19-13-15)14-8-10-17(11-9-14)22-16-6-2-1-3-7-16;/h1-3,6-11,15,19H,4-5,12-13H2,(H,20,21);1H/t15-;/m0./s1. The van der Waals surface area contributed by atoms with Crippen molar-refractivity contribution in [3.8, 4) is 11.5 Å². The average molecular weight is 333 g/mol. The van der Waals surface area contributed by atoms with Gasteiger partial charge in [0.15, 0.2) is 0 Å². The highest BCUT2D eigenvalue weighted by Gasteiger charge is 2.16. The number of hydrogen-bond acceptors (Lipinski definition) is 3. The number of rotatable bonds is 4. The number of nitrogens with one attached hydrogen (secondary N) is 2. The number of ether oxygens (including phenoxy) is 1. The Morgan fingerprint density at radius 3 is 2.39 bits per heavy atom. The predicted octanol–water partition coefficient (Wildman–Crippen LogP) is 3.38. The highest BCUT2D eigenvalue weighted by molar-refractivity contribution is 5.94. The van der Waals surface area contributed by atoms with Gasteiger partial charge >= 0.3 is 0 Å². The number of benzene rings is 2. The summed E-state index contributed by atoms with van der Waals surface area (Å²) >= 11 is 0. The van der Waals surface area contributed by atoms with Crippen LogP contribution in [-0.2, 0) is 0 Å². The normalized spacial score (nSPS) is 17.0. The van der Waals surface area contributed by atoms with Crippen LogP contribution in [0, 0.1) is 0 Å². The largest absolute Gasteiger partial charge is 0.457 e. The van der Waals surface area contributed by atoms with Crippen LogP contribution in [-0.4, -0.2) is 25.0 Å².